The van der Waals surface area contributed by atoms with Crippen LogP contribution in [0.1, 0.15) is 39.5 Å². The Balaban J connectivity index is 3.90. The third-order valence-electron chi connectivity index (χ3n) is 1.46. The fourth-order valence-corrected chi connectivity index (χ4v) is 3.01. The largest absolute Gasteiger partial charge is 0.357 e. The first-order valence-electron chi connectivity index (χ1n) is 4.59. The van der Waals surface area contributed by atoms with Crippen LogP contribution < -0.4 is 0 Å². The van der Waals surface area contributed by atoms with Crippen LogP contribution in [0.5, 0.6) is 0 Å². The number of hydrogen-bond donors (Lipinski definition) is 4. The standard InChI is InChI=1S/C8H18O4S2/c1-3-5-7(9,10)13-14-8(11,12)6-4-2/h9-12H,3-6H2,1-2H3. The molecule has 0 rings (SSSR count). The maximum Gasteiger partial charge on any atom is 0.223 e. The van der Waals surface area contributed by atoms with Crippen LogP contribution >= 0.6 is 21.6 Å². The highest BCUT2D eigenvalue weighted by Gasteiger charge is 2.31. The van der Waals surface area contributed by atoms with E-state index in [0.29, 0.717) is 34.4 Å². The van der Waals surface area contributed by atoms with Crippen molar-refractivity contribution < 1.29 is 20.4 Å². The smallest absolute Gasteiger partial charge is 0.223 e. The van der Waals surface area contributed by atoms with Crippen LogP contribution in [-0.2, 0) is 0 Å². The summed E-state index contributed by atoms with van der Waals surface area (Å²) in [6.45, 7) is 3.65. The number of rotatable bonds is 7. The predicted octanol–water partition coefficient (Wildman–Crippen LogP) is 1.24. The van der Waals surface area contributed by atoms with Gasteiger partial charge in [-0.1, -0.05) is 26.7 Å². The van der Waals surface area contributed by atoms with E-state index in [1.807, 2.05) is 13.8 Å². The molecule has 0 saturated heterocycles. The van der Waals surface area contributed by atoms with Gasteiger partial charge in [0, 0.05) is 12.8 Å². The molecular formula is C8H18O4S2. The summed E-state index contributed by atoms with van der Waals surface area (Å²) in [7, 11) is 1.36. The third kappa shape index (κ3) is 6.92. The fourth-order valence-electron chi connectivity index (χ4n) is 0.868. The van der Waals surface area contributed by atoms with Crippen molar-refractivity contribution in [3.8, 4) is 0 Å². The molecule has 86 valence electrons. The van der Waals surface area contributed by atoms with Crippen LogP contribution in [0.3, 0.4) is 0 Å². The maximum atomic E-state index is 9.32. The van der Waals surface area contributed by atoms with Gasteiger partial charge in [-0.25, -0.2) is 0 Å². The third-order valence-corrected chi connectivity index (χ3v) is 4.34. The minimum absolute atomic E-state index is 0.201. The van der Waals surface area contributed by atoms with E-state index in [0.717, 1.165) is 0 Å². The van der Waals surface area contributed by atoms with Crippen LogP contribution in [0.25, 0.3) is 0 Å². The number of aliphatic hydroxyl groups is 4. The molecule has 0 unspecified atom stereocenters. The molecule has 0 fully saturated rings. The van der Waals surface area contributed by atoms with Crippen LogP contribution in [0.15, 0.2) is 0 Å². The summed E-state index contributed by atoms with van der Waals surface area (Å²) in [4.78, 5) is 0. The van der Waals surface area contributed by atoms with E-state index in [1.165, 1.54) is 0 Å². The van der Waals surface area contributed by atoms with E-state index in [9.17, 15) is 20.4 Å². The van der Waals surface area contributed by atoms with Gasteiger partial charge < -0.3 is 20.4 Å². The van der Waals surface area contributed by atoms with Crippen molar-refractivity contribution in [2.45, 2.75) is 49.8 Å². The molecule has 0 amide bonds. The Morgan fingerprint density at radius 3 is 1.29 bits per heavy atom. The SMILES string of the molecule is CCCC(O)(O)SSC(O)(O)CCC. The molecule has 0 atom stereocenters. The van der Waals surface area contributed by atoms with Gasteiger partial charge in [-0.2, -0.15) is 0 Å². The first-order valence-corrected chi connectivity index (χ1v) is 6.74. The minimum atomic E-state index is -1.89. The zero-order chi connectivity index (χ0) is 11.2. The molecule has 0 aromatic carbocycles. The maximum absolute atomic E-state index is 9.32. The summed E-state index contributed by atoms with van der Waals surface area (Å²) in [5.41, 5.74) is 0. The molecule has 0 spiro atoms. The minimum Gasteiger partial charge on any atom is -0.357 e. The Labute approximate surface area is 92.1 Å². The van der Waals surface area contributed by atoms with Crippen molar-refractivity contribution >= 4 is 21.6 Å². The molecule has 0 heterocycles. The van der Waals surface area contributed by atoms with Crippen molar-refractivity contribution in [2.75, 3.05) is 0 Å². The molecule has 0 aromatic heterocycles. The van der Waals surface area contributed by atoms with Gasteiger partial charge in [0.25, 0.3) is 0 Å². The first kappa shape index (κ1) is 14.5. The van der Waals surface area contributed by atoms with Crippen molar-refractivity contribution in [2.24, 2.45) is 0 Å². The van der Waals surface area contributed by atoms with Crippen LogP contribution in [0.2, 0.25) is 0 Å². The summed E-state index contributed by atoms with van der Waals surface area (Å²) in [6, 6.07) is 0. The molecule has 4 nitrogen and oxygen atoms in total. The lowest BCUT2D eigenvalue weighted by molar-refractivity contribution is -0.0853. The van der Waals surface area contributed by atoms with E-state index in [-0.39, 0.29) is 12.8 Å². The molecular weight excluding hydrogens is 224 g/mol. The second-order valence-corrected chi connectivity index (χ2v) is 5.79. The van der Waals surface area contributed by atoms with Gasteiger partial charge in [0.2, 0.25) is 10.2 Å². The van der Waals surface area contributed by atoms with Gasteiger partial charge in [0.1, 0.15) is 0 Å². The quantitative estimate of drug-likeness (QED) is 0.397. The van der Waals surface area contributed by atoms with Crippen LogP contribution in [0.4, 0.5) is 0 Å². The van der Waals surface area contributed by atoms with E-state index >= 15 is 0 Å². The average molecular weight is 242 g/mol. The predicted molar refractivity (Wildman–Crippen MR) is 59.3 cm³/mol. The Hall–Kier alpha value is 0.540. The summed E-state index contributed by atoms with van der Waals surface area (Å²) < 4.78 is 0. The lowest BCUT2D eigenvalue weighted by atomic mass is 10.3. The molecule has 0 aliphatic carbocycles. The second-order valence-electron chi connectivity index (χ2n) is 3.15. The Morgan fingerprint density at radius 1 is 0.786 bits per heavy atom. The first-order chi connectivity index (χ1) is 6.33. The highest BCUT2D eigenvalue weighted by Crippen LogP contribution is 2.42. The molecule has 0 aliphatic heterocycles. The van der Waals surface area contributed by atoms with Crippen molar-refractivity contribution in [3.63, 3.8) is 0 Å². The zero-order valence-electron chi connectivity index (χ0n) is 8.43. The Kier molecular flexibility index (Phi) is 6.43. The topological polar surface area (TPSA) is 80.9 Å². The summed E-state index contributed by atoms with van der Waals surface area (Å²) in [6.07, 6.45) is 1.65. The molecule has 14 heavy (non-hydrogen) atoms. The van der Waals surface area contributed by atoms with Crippen molar-refractivity contribution in [1.82, 2.24) is 0 Å². The van der Waals surface area contributed by atoms with Crippen LogP contribution in [0, 0.1) is 0 Å². The van der Waals surface area contributed by atoms with Gasteiger partial charge in [0.15, 0.2) is 0 Å². The molecule has 4 N–H and O–H groups in total. The van der Waals surface area contributed by atoms with Crippen LogP contribution in [-0.4, -0.2) is 30.7 Å². The summed E-state index contributed by atoms with van der Waals surface area (Å²) >= 11 is 0. The summed E-state index contributed by atoms with van der Waals surface area (Å²) in [5.74, 6) is 0. The van der Waals surface area contributed by atoms with E-state index in [2.05, 4.69) is 0 Å². The lowest BCUT2D eigenvalue weighted by Crippen LogP contribution is -2.26. The Bertz CT molecular complexity index is 143. The lowest BCUT2D eigenvalue weighted by Gasteiger charge is -2.25. The molecule has 0 saturated carbocycles. The van der Waals surface area contributed by atoms with Crippen molar-refractivity contribution in [3.05, 3.63) is 0 Å². The van der Waals surface area contributed by atoms with Gasteiger partial charge >= 0.3 is 0 Å². The van der Waals surface area contributed by atoms with E-state index < -0.39 is 10.2 Å². The molecule has 0 aliphatic rings. The Morgan fingerprint density at radius 2 is 1.07 bits per heavy atom. The zero-order valence-corrected chi connectivity index (χ0v) is 10.1. The van der Waals surface area contributed by atoms with Gasteiger partial charge in [-0.3, -0.25) is 0 Å². The van der Waals surface area contributed by atoms with Gasteiger partial charge in [0.05, 0.1) is 0 Å². The van der Waals surface area contributed by atoms with E-state index in [1.54, 1.807) is 0 Å². The van der Waals surface area contributed by atoms with Gasteiger partial charge in [-0.05, 0) is 21.6 Å². The normalized spacial score (nSPS) is 13.3. The second kappa shape index (κ2) is 6.19. The summed E-state index contributed by atoms with van der Waals surface area (Å²) in [5, 5.41) is 33.5. The number of hydrogen-bond acceptors (Lipinski definition) is 6. The van der Waals surface area contributed by atoms with Crippen molar-refractivity contribution in [1.29, 1.82) is 0 Å². The average Bonchev–Trinajstić information content (AvgIpc) is 2.01. The molecule has 6 heteroatoms. The monoisotopic (exact) mass is 242 g/mol. The molecule has 0 radical (unpaired) electrons. The molecule has 0 aromatic rings. The van der Waals surface area contributed by atoms with Gasteiger partial charge in [-0.15, -0.1) is 0 Å². The van der Waals surface area contributed by atoms with E-state index in [4.69, 9.17) is 0 Å². The highest BCUT2D eigenvalue weighted by atomic mass is 33.1. The highest BCUT2D eigenvalue weighted by molar-refractivity contribution is 8.77. The molecule has 0 bridgehead atoms. The fraction of sp³-hybridized carbons (Fsp3) is 1.00.